The summed E-state index contributed by atoms with van der Waals surface area (Å²) in [6.07, 6.45) is 1.38. The molecule has 2 unspecified atom stereocenters. The first-order valence-electron chi connectivity index (χ1n) is 5.63. The Morgan fingerprint density at radius 1 is 1.56 bits per heavy atom. The van der Waals surface area contributed by atoms with E-state index in [1.807, 2.05) is 6.92 Å². The molecule has 1 aliphatic rings. The average Bonchev–Trinajstić information content (AvgIpc) is 2.22. The molecule has 0 aromatic rings. The maximum atomic E-state index is 11.6. The highest BCUT2D eigenvalue weighted by molar-refractivity contribution is 5.81. The third-order valence-electron chi connectivity index (χ3n) is 2.92. The van der Waals surface area contributed by atoms with Crippen LogP contribution in [0.5, 0.6) is 0 Å². The number of nitrogens with one attached hydrogen (secondary N) is 1. The fourth-order valence-corrected chi connectivity index (χ4v) is 1.96. The van der Waals surface area contributed by atoms with Gasteiger partial charge in [-0.15, -0.1) is 0 Å². The van der Waals surface area contributed by atoms with Crippen molar-refractivity contribution in [1.82, 2.24) is 15.1 Å². The fraction of sp³-hybridized carbons (Fsp3) is 0.818. The summed E-state index contributed by atoms with van der Waals surface area (Å²) in [5.74, 6) is 0.254. The Bertz CT molecular complexity index is 278. The molecule has 0 radical (unpaired) electrons. The quantitative estimate of drug-likeness (QED) is 0.718. The van der Waals surface area contributed by atoms with Gasteiger partial charge in [0.25, 0.3) is 0 Å². The first-order valence-corrected chi connectivity index (χ1v) is 5.63. The molecular formula is C11H21N3O2. The number of likely N-dealkylation sites (tertiary alicyclic amines) is 1. The number of hydrogen-bond acceptors (Lipinski definition) is 3. The molecule has 5 nitrogen and oxygen atoms in total. The molecule has 1 fully saturated rings. The van der Waals surface area contributed by atoms with Crippen molar-refractivity contribution in [2.24, 2.45) is 0 Å². The van der Waals surface area contributed by atoms with Gasteiger partial charge in [-0.3, -0.25) is 9.59 Å². The molecule has 2 atom stereocenters. The molecule has 1 N–H and O–H groups in total. The van der Waals surface area contributed by atoms with Crippen LogP contribution in [-0.2, 0) is 9.59 Å². The lowest BCUT2D eigenvalue weighted by molar-refractivity contribution is -0.133. The molecule has 0 spiro atoms. The number of rotatable bonds is 3. The third kappa shape index (κ3) is 3.20. The van der Waals surface area contributed by atoms with E-state index in [9.17, 15) is 9.59 Å². The molecular weight excluding hydrogens is 206 g/mol. The van der Waals surface area contributed by atoms with Crippen molar-refractivity contribution >= 4 is 11.8 Å². The van der Waals surface area contributed by atoms with Gasteiger partial charge in [-0.1, -0.05) is 0 Å². The van der Waals surface area contributed by atoms with Gasteiger partial charge in [0.2, 0.25) is 11.8 Å². The molecule has 0 aromatic heterocycles. The molecule has 0 aromatic carbocycles. The minimum Gasteiger partial charge on any atom is -0.347 e. The van der Waals surface area contributed by atoms with E-state index in [1.165, 1.54) is 0 Å². The number of piperidine rings is 1. The van der Waals surface area contributed by atoms with Gasteiger partial charge in [0.1, 0.15) is 0 Å². The molecule has 0 aliphatic carbocycles. The Morgan fingerprint density at radius 3 is 2.69 bits per heavy atom. The Kier molecular flexibility index (Phi) is 4.29. The normalized spacial score (nSPS) is 23.1. The molecule has 2 amide bonds. The lowest BCUT2D eigenvalue weighted by atomic mass is 10.0. The first-order chi connectivity index (χ1) is 7.41. The van der Waals surface area contributed by atoms with Crippen LogP contribution in [0.2, 0.25) is 0 Å². The summed E-state index contributed by atoms with van der Waals surface area (Å²) in [5.41, 5.74) is 0. The summed E-state index contributed by atoms with van der Waals surface area (Å²) in [7, 11) is 5.29. The van der Waals surface area contributed by atoms with Crippen molar-refractivity contribution < 1.29 is 9.59 Å². The highest BCUT2D eigenvalue weighted by atomic mass is 16.2. The van der Waals surface area contributed by atoms with E-state index in [1.54, 1.807) is 30.9 Å². The lowest BCUT2D eigenvalue weighted by Gasteiger charge is -2.32. The first kappa shape index (κ1) is 13.0. The Morgan fingerprint density at radius 2 is 2.19 bits per heavy atom. The van der Waals surface area contributed by atoms with Crippen LogP contribution in [0.4, 0.5) is 0 Å². The fourth-order valence-electron chi connectivity index (χ4n) is 1.96. The van der Waals surface area contributed by atoms with E-state index in [0.717, 1.165) is 6.42 Å². The van der Waals surface area contributed by atoms with E-state index in [-0.39, 0.29) is 23.9 Å². The molecule has 92 valence electrons. The van der Waals surface area contributed by atoms with Crippen molar-refractivity contribution in [2.45, 2.75) is 31.8 Å². The maximum absolute atomic E-state index is 11.6. The van der Waals surface area contributed by atoms with E-state index in [2.05, 4.69) is 5.32 Å². The molecule has 0 saturated carbocycles. The predicted octanol–water partition coefficient (Wildman–Crippen LogP) is -0.326. The van der Waals surface area contributed by atoms with E-state index in [0.29, 0.717) is 13.0 Å². The average molecular weight is 227 g/mol. The number of amides is 2. The van der Waals surface area contributed by atoms with Crippen molar-refractivity contribution in [2.75, 3.05) is 27.7 Å². The minimum absolute atomic E-state index is 0.0690. The number of likely N-dealkylation sites (N-methyl/N-ethyl adjacent to an activating group) is 2. The lowest BCUT2D eigenvalue weighted by Crippen LogP contribution is -2.52. The van der Waals surface area contributed by atoms with Gasteiger partial charge in [0, 0.05) is 40.2 Å². The molecule has 16 heavy (non-hydrogen) atoms. The standard InChI is InChI=1S/C11H21N3O2/c1-8(11(16)13(2)3)12-9-5-6-10(15)14(4)7-9/h8-9,12H,5-7H2,1-4H3. The molecule has 1 saturated heterocycles. The Balaban J connectivity index is 2.43. The highest BCUT2D eigenvalue weighted by Gasteiger charge is 2.25. The van der Waals surface area contributed by atoms with Crippen LogP contribution in [0, 0.1) is 0 Å². The molecule has 1 heterocycles. The summed E-state index contributed by atoms with van der Waals surface area (Å²) in [6, 6.07) is 0.0307. The zero-order valence-corrected chi connectivity index (χ0v) is 10.5. The van der Waals surface area contributed by atoms with E-state index < -0.39 is 0 Å². The monoisotopic (exact) mass is 227 g/mol. The Hall–Kier alpha value is -1.10. The smallest absolute Gasteiger partial charge is 0.238 e. The van der Waals surface area contributed by atoms with Crippen molar-refractivity contribution in [3.05, 3.63) is 0 Å². The summed E-state index contributed by atoms with van der Waals surface area (Å²) in [6.45, 7) is 2.54. The third-order valence-corrected chi connectivity index (χ3v) is 2.92. The van der Waals surface area contributed by atoms with Gasteiger partial charge >= 0.3 is 0 Å². The number of nitrogens with zero attached hydrogens (tertiary/aromatic N) is 2. The second-order valence-electron chi connectivity index (χ2n) is 4.63. The van der Waals surface area contributed by atoms with Crippen LogP contribution in [-0.4, -0.2) is 61.4 Å². The largest absolute Gasteiger partial charge is 0.347 e. The molecule has 1 rings (SSSR count). The molecule has 1 aliphatic heterocycles. The summed E-state index contributed by atoms with van der Waals surface area (Å²) < 4.78 is 0. The second kappa shape index (κ2) is 5.30. The zero-order chi connectivity index (χ0) is 12.3. The minimum atomic E-state index is -0.193. The van der Waals surface area contributed by atoms with Gasteiger partial charge in [0.05, 0.1) is 6.04 Å². The van der Waals surface area contributed by atoms with Crippen molar-refractivity contribution in [3.8, 4) is 0 Å². The van der Waals surface area contributed by atoms with Crippen LogP contribution in [0.15, 0.2) is 0 Å². The summed E-state index contributed by atoms with van der Waals surface area (Å²) in [5, 5.41) is 3.27. The highest BCUT2D eigenvalue weighted by Crippen LogP contribution is 2.10. The maximum Gasteiger partial charge on any atom is 0.238 e. The van der Waals surface area contributed by atoms with E-state index >= 15 is 0 Å². The number of hydrogen-bond donors (Lipinski definition) is 1. The summed E-state index contributed by atoms with van der Waals surface area (Å²) >= 11 is 0. The van der Waals surface area contributed by atoms with Gasteiger partial charge in [-0.25, -0.2) is 0 Å². The SMILES string of the molecule is CC(NC1CCC(=O)N(C)C1)C(=O)N(C)C. The van der Waals surface area contributed by atoms with Crippen LogP contribution in [0.3, 0.4) is 0 Å². The van der Waals surface area contributed by atoms with Gasteiger partial charge in [-0.2, -0.15) is 0 Å². The van der Waals surface area contributed by atoms with Crippen LogP contribution in [0.1, 0.15) is 19.8 Å². The van der Waals surface area contributed by atoms with Gasteiger partial charge < -0.3 is 15.1 Å². The van der Waals surface area contributed by atoms with Gasteiger partial charge in [0.15, 0.2) is 0 Å². The Labute approximate surface area is 96.8 Å². The van der Waals surface area contributed by atoms with Crippen molar-refractivity contribution in [1.29, 1.82) is 0 Å². The van der Waals surface area contributed by atoms with Crippen LogP contribution < -0.4 is 5.32 Å². The second-order valence-corrected chi connectivity index (χ2v) is 4.63. The molecule has 5 heteroatoms. The van der Waals surface area contributed by atoms with E-state index in [4.69, 9.17) is 0 Å². The predicted molar refractivity (Wildman–Crippen MR) is 62.0 cm³/mol. The number of carbonyl (C=O) groups is 2. The van der Waals surface area contributed by atoms with Crippen molar-refractivity contribution in [3.63, 3.8) is 0 Å². The zero-order valence-electron chi connectivity index (χ0n) is 10.5. The van der Waals surface area contributed by atoms with Gasteiger partial charge in [-0.05, 0) is 13.3 Å². The van der Waals surface area contributed by atoms with Crippen LogP contribution in [0.25, 0.3) is 0 Å². The summed E-state index contributed by atoms with van der Waals surface area (Å²) in [4.78, 5) is 26.2. The topological polar surface area (TPSA) is 52.7 Å². The molecule has 0 bridgehead atoms. The number of carbonyl (C=O) groups excluding carboxylic acids is 2. The van der Waals surface area contributed by atoms with Crippen LogP contribution >= 0.6 is 0 Å².